The summed E-state index contributed by atoms with van der Waals surface area (Å²) in [7, 11) is 0. The number of amides is 1. The molecule has 0 bridgehead atoms. The monoisotopic (exact) mass is 425 g/mol. The van der Waals surface area contributed by atoms with Gasteiger partial charge in [-0.1, -0.05) is 35.9 Å². The Bertz CT molecular complexity index is 1400. The molecule has 0 aliphatic carbocycles. The molecule has 0 spiro atoms. The Morgan fingerprint density at radius 2 is 1.69 bits per heavy atom. The summed E-state index contributed by atoms with van der Waals surface area (Å²) in [6, 6.07) is 20.1. The van der Waals surface area contributed by atoms with Crippen LogP contribution in [0.1, 0.15) is 45.8 Å². The van der Waals surface area contributed by atoms with Gasteiger partial charge in [-0.2, -0.15) is 0 Å². The van der Waals surface area contributed by atoms with E-state index in [0.29, 0.717) is 23.1 Å². The van der Waals surface area contributed by atoms with Crippen LogP contribution in [0.15, 0.2) is 75.9 Å². The van der Waals surface area contributed by atoms with Crippen molar-refractivity contribution in [1.29, 1.82) is 0 Å². The molecule has 0 fully saturated rings. The maximum absolute atomic E-state index is 13.7. The molecular formula is C27H23NO4. The Morgan fingerprint density at radius 1 is 0.938 bits per heavy atom. The van der Waals surface area contributed by atoms with Gasteiger partial charge in [-0.25, -0.2) is 0 Å². The molecule has 0 radical (unpaired) electrons. The summed E-state index contributed by atoms with van der Waals surface area (Å²) in [5.74, 6) is 0.528. The Kier molecular flexibility index (Phi) is 4.82. The summed E-state index contributed by atoms with van der Waals surface area (Å²) >= 11 is 0. The Labute approximate surface area is 185 Å². The van der Waals surface area contributed by atoms with E-state index in [1.807, 2.05) is 81.4 Å². The van der Waals surface area contributed by atoms with Gasteiger partial charge < -0.3 is 9.15 Å². The highest BCUT2D eigenvalue weighted by Crippen LogP contribution is 2.41. The minimum absolute atomic E-state index is 0.103. The number of anilines is 1. The quantitative estimate of drug-likeness (QED) is 0.430. The summed E-state index contributed by atoms with van der Waals surface area (Å²) in [5.41, 5.74) is 4.15. The number of rotatable bonds is 4. The summed E-state index contributed by atoms with van der Waals surface area (Å²) in [4.78, 5) is 28.9. The van der Waals surface area contributed by atoms with Crippen LogP contribution in [-0.2, 0) is 0 Å². The van der Waals surface area contributed by atoms with Crippen molar-refractivity contribution in [3.05, 3.63) is 105 Å². The predicted molar refractivity (Wildman–Crippen MR) is 125 cm³/mol. The molecule has 1 amide bonds. The molecule has 5 heteroatoms. The summed E-state index contributed by atoms with van der Waals surface area (Å²) < 4.78 is 11.6. The van der Waals surface area contributed by atoms with Crippen molar-refractivity contribution in [2.75, 3.05) is 11.5 Å². The van der Waals surface area contributed by atoms with Gasteiger partial charge in [-0.05, 0) is 68.3 Å². The smallest absolute Gasteiger partial charge is 0.295 e. The van der Waals surface area contributed by atoms with E-state index in [2.05, 4.69) is 0 Å². The molecule has 0 saturated carbocycles. The van der Waals surface area contributed by atoms with Gasteiger partial charge in [0.25, 0.3) is 5.91 Å². The van der Waals surface area contributed by atoms with E-state index in [1.54, 1.807) is 11.0 Å². The SMILES string of the molecule is CCOc1ccc(C2c3c(oc4ccc(C)cc4c3=O)C(=O)N2c2cccc(C)c2)cc1. The molecule has 1 aliphatic rings. The average Bonchev–Trinajstić information content (AvgIpc) is 3.08. The molecule has 2 heterocycles. The summed E-state index contributed by atoms with van der Waals surface area (Å²) in [5, 5.41) is 0.485. The number of hydrogen-bond donors (Lipinski definition) is 0. The second-order valence-corrected chi connectivity index (χ2v) is 8.09. The summed E-state index contributed by atoms with van der Waals surface area (Å²) in [6.07, 6.45) is 0. The molecule has 0 saturated heterocycles. The Balaban J connectivity index is 1.77. The van der Waals surface area contributed by atoms with Gasteiger partial charge in [0.05, 0.1) is 23.6 Å². The van der Waals surface area contributed by atoms with Crippen molar-refractivity contribution in [3.63, 3.8) is 0 Å². The largest absolute Gasteiger partial charge is 0.494 e. The highest BCUT2D eigenvalue weighted by molar-refractivity contribution is 6.10. The molecule has 1 atom stereocenters. The van der Waals surface area contributed by atoms with Gasteiger partial charge in [0.1, 0.15) is 11.3 Å². The molecule has 1 unspecified atom stereocenters. The molecule has 5 rings (SSSR count). The fourth-order valence-electron chi connectivity index (χ4n) is 4.36. The van der Waals surface area contributed by atoms with E-state index in [-0.39, 0.29) is 17.1 Å². The first-order valence-electron chi connectivity index (χ1n) is 10.7. The molecule has 3 aromatic carbocycles. The fourth-order valence-corrected chi connectivity index (χ4v) is 4.36. The van der Waals surface area contributed by atoms with Gasteiger partial charge in [0, 0.05) is 5.69 Å². The lowest BCUT2D eigenvalue weighted by Gasteiger charge is -2.25. The minimum atomic E-state index is -0.587. The Morgan fingerprint density at radius 3 is 2.41 bits per heavy atom. The van der Waals surface area contributed by atoms with E-state index >= 15 is 0 Å². The van der Waals surface area contributed by atoms with Crippen molar-refractivity contribution >= 4 is 22.6 Å². The third-order valence-electron chi connectivity index (χ3n) is 5.81. The van der Waals surface area contributed by atoms with E-state index in [9.17, 15) is 9.59 Å². The molecule has 4 aromatic rings. The molecule has 5 nitrogen and oxygen atoms in total. The van der Waals surface area contributed by atoms with Crippen LogP contribution in [0, 0.1) is 13.8 Å². The Hall–Kier alpha value is -3.86. The fraction of sp³-hybridized carbons (Fsp3) is 0.185. The third-order valence-corrected chi connectivity index (χ3v) is 5.81. The van der Waals surface area contributed by atoms with Crippen molar-refractivity contribution < 1.29 is 13.9 Å². The number of hydrogen-bond acceptors (Lipinski definition) is 4. The number of ether oxygens (including phenoxy) is 1. The van der Waals surface area contributed by atoms with E-state index in [0.717, 1.165) is 28.1 Å². The van der Waals surface area contributed by atoms with Crippen molar-refractivity contribution in [3.8, 4) is 5.75 Å². The molecular weight excluding hydrogens is 402 g/mol. The number of nitrogens with zero attached hydrogens (tertiary/aromatic N) is 1. The molecule has 160 valence electrons. The number of carbonyl (C=O) groups is 1. The van der Waals surface area contributed by atoms with Gasteiger partial charge in [0.2, 0.25) is 5.76 Å². The molecule has 0 N–H and O–H groups in total. The van der Waals surface area contributed by atoms with Gasteiger partial charge in [0.15, 0.2) is 5.43 Å². The van der Waals surface area contributed by atoms with Crippen LogP contribution in [0.4, 0.5) is 5.69 Å². The zero-order valence-corrected chi connectivity index (χ0v) is 18.2. The molecule has 32 heavy (non-hydrogen) atoms. The van der Waals surface area contributed by atoms with Gasteiger partial charge in [-0.15, -0.1) is 0 Å². The van der Waals surface area contributed by atoms with Gasteiger partial charge in [-0.3, -0.25) is 14.5 Å². The second-order valence-electron chi connectivity index (χ2n) is 8.09. The number of carbonyl (C=O) groups excluding carboxylic acids is 1. The van der Waals surface area contributed by atoms with Crippen LogP contribution in [0.25, 0.3) is 11.0 Å². The topological polar surface area (TPSA) is 59.8 Å². The number of fused-ring (bicyclic) bond motifs is 2. The lowest BCUT2D eigenvalue weighted by Crippen LogP contribution is -2.29. The minimum Gasteiger partial charge on any atom is -0.494 e. The second kappa shape index (κ2) is 7.68. The van der Waals surface area contributed by atoms with Crippen LogP contribution in [-0.4, -0.2) is 12.5 Å². The first-order valence-corrected chi connectivity index (χ1v) is 10.7. The van der Waals surface area contributed by atoms with E-state index in [1.165, 1.54) is 0 Å². The van der Waals surface area contributed by atoms with Crippen molar-refractivity contribution in [2.45, 2.75) is 26.8 Å². The lowest BCUT2D eigenvalue weighted by atomic mass is 9.97. The highest BCUT2D eigenvalue weighted by Gasteiger charge is 2.43. The zero-order valence-electron chi connectivity index (χ0n) is 18.2. The number of aryl methyl sites for hydroxylation is 2. The maximum Gasteiger partial charge on any atom is 0.295 e. The first kappa shape index (κ1) is 20.1. The molecule has 1 aromatic heterocycles. The average molecular weight is 425 g/mol. The van der Waals surface area contributed by atoms with Crippen LogP contribution in [0.3, 0.4) is 0 Å². The highest BCUT2D eigenvalue weighted by atomic mass is 16.5. The normalized spacial score (nSPS) is 15.3. The first-order chi connectivity index (χ1) is 15.5. The standard InChI is InChI=1S/C27H23NO4/c1-4-31-20-11-9-18(10-12-20)24-23-25(29)21-15-17(3)8-13-22(21)32-26(23)27(30)28(24)19-7-5-6-16(2)14-19/h5-15,24H,4H2,1-3H3. The lowest BCUT2D eigenvalue weighted by molar-refractivity contribution is 0.0971. The van der Waals surface area contributed by atoms with Crippen LogP contribution in [0.2, 0.25) is 0 Å². The zero-order chi connectivity index (χ0) is 22.4. The number of benzene rings is 3. The van der Waals surface area contributed by atoms with E-state index < -0.39 is 6.04 Å². The maximum atomic E-state index is 13.7. The van der Waals surface area contributed by atoms with Crippen LogP contribution < -0.4 is 15.1 Å². The summed E-state index contributed by atoms with van der Waals surface area (Å²) in [6.45, 7) is 6.40. The van der Waals surface area contributed by atoms with Gasteiger partial charge >= 0.3 is 0 Å². The van der Waals surface area contributed by atoms with Crippen molar-refractivity contribution in [2.24, 2.45) is 0 Å². The van der Waals surface area contributed by atoms with E-state index in [4.69, 9.17) is 9.15 Å². The van der Waals surface area contributed by atoms with Crippen LogP contribution in [0.5, 0.6) is 5.75 Å². The van der Waals surface area contributed by atoms with Crippen LogP contribution >= 0.6 is 0 Å². The third kappa shape index (κ3) is 3.17. The predicted octanol–water partition coefficient (Wildman–Crippen LogP) is 5.56. The van der Waals surface area contributed by atoms with Crippen molar-refractivity contribution in [1.82, 2.24) is 0 Å². The molecule has 1 aliphatic heterocycles.